The van der Waals surface area contributed by atoms with Crippen LogP contribution in [0.15, 0.2) is 0 Å². The fourth-order valence-corrected chi connectivity index (χ4v) is 1.33. The third-order valence-electron chi connectivity index (χ3n) is 2.37. The number of likely N-dealkylation sites (N-methyl/N-ethyl adjacent to an activating group) is 1. The zero-order chi connectivity index (χ0) is 15.4. The molecule has 0 spiro atoms. The van der Waals surface area contributed by atoms with Crippen molar-refractivity contribution in [2.45, 2.75) is 31.6 Å². The molecule has 2 unspecified atom stereocenters. The molecular formula is C10H18F3N3O3. The van der Waals surface area contributed by atoms with Crippen molar-refractivity contribution in [3.63, 3.8) is 0 Å². The highest BCUT2D eigenvalue weighted by molar-refractivity contribution is 5.86. The molecule has 0 heterocycles. The number of halogens is 3. The van der Waals surface area contributed by atoms with Crippen LogP contribution in [0.25, 0.3) is 0 Å². The van der Waals surface area contributed by atoms with E-state index in [1.165, 1.54) is 5.32 Å². The second-order valence-electron chi connectivity index (χ2n) is 4.69. The summed E-state index contributed by atoms with van der Waals surface area (Å²) in [5.41, 5.74) is -3.32. The molecule has 0 aromatic carbocycles. The van der Waals surface area contributed by atoms with Gasteiger partial charge in [0.05, 0.1) is 0 Å². The summed E-state index contributed by atoms with van der Waals surface area (Å²) in [5, 5.41) is 12.3. The van der Waals surface area contributed by atoms with Gasteiger partial charge in [-0.25, -0.2) is 9.59 Å². The monoisotopic (exact) mass is 285 g/mol. The predicted molar refractivity (Wildman–Crippen MR) is 61.8 cm³/mol. The summed E-state index contributed by atoms with van der Waals surface area (Å²) < 4.78 is 37.9. The molecule has 0 aromatic heterocycles. The minimum Gasteiger partial charge on any atom is -0.479 e. The summed E-state index contributed by atoms with van der Waals surface area (Å²) in [7, 11) is 3.46. The van der Waals surface area contributed by atoms with E-state index in [1.54, 1.807) is 25.9 Å². The smallest absolute Gasteiger partial charge is 0.422 e. The molecule has 0 radical (unpaired) electrons. The van der Waals surface area contributed by atoms with Crippen molar-refractivity contribution in [1.29, 1.82) is 0 Å². The van der Waals surface area contributed by atoms with Crippen LogP contribution in [0.1, 0.15) is 13.8 Å². The van der Waals surface area contributed by atoms with Crippen molar-refractivity contribution in [2.24, 2.45) is 0 Å². The van der Waals surface area contributed by atoms with Crippen molar-refractivity contribution in [1.82, 2.24) is 15.5 Å². The first-order valence-corrected chi connectivity index (χ1v) is 5.43. The van der Waals surface area contributed by atoms with Crippen LogP contribution >= 0.6 is 0 Å². The fourth-order valence-electron chi connectivity index (χ4n) is 1.33. The first-order valence-electron chi connectivity index (χ1n) is 5.43. The van der Waals surface area contributed by atoms with Gasteiger partial charge in [-0.15, -0.1) is 0 Å². The number of nitrogens with zero attached hydrogens (tertiary/aromatic N) is 1. The molecule has 0 aliphatic heterocycles. The van der Waals surface area contributed by atoms with E-state index in [9.17, 15) is 22.8 Å². The summed E-state index contributed by atoms with van der Waals surface area (Å²) in [6.07, 6.45) is -5.10. The summed E-state index contributed by atoms with van der Waals surface area (Å²) in [5.74, 6) is -2.17. The van der Waals surface area contributed by atoms with Gasteiger partial charge in [0.1, 0.15) is 0 Å². The minimum atomic E-state index is -5.10. The van der Waals surface area contributed by atoms with Crippen molar-refractivity contribution < 1.29 is 27.9 Å². The molecule has 0 fully saturated rings. The average Bonchev–Trinajstić information content (AvgIpc) is 2.12. The minimum absolute atomic E-state index is 0.394. The number of carboxylic acid groups (broad SMARTS) is 1. The van der Waals surface area contributed by atoms with E-state index in [0.717, 1.165) is 0 Å². The molecule has 0 aliphatic rings. The molecule has 6 nitrogen and oxygen atoms in total. The van der Waals surface area contributed by atoms with Crippen LogP contribution in [0.4, 0.5) is 18.0 Å². The van der Waals surface area contributed by atoms with E-state index in [0.29, 0.717) is 13.5 Å². The van der Waals surface area contributed by atoms with Gasteiger partial charge in [-0.05, 0) is 27.9 Å². The number of rotatable bonds is 5. The predicted octanol–water partition coefficient (Wildman–Crippen LogP) is 0.641. The highest BCUT2D eigenvalue weighted by atomic mass is 19.4. The van der Waals surface area contributed by atoms with Crippen LogP contribution in [-0.2, 0) is 4.79 Å². The number of nitrogens with one attached hydrogen (secondary N) is 2. The van der Waals surface area contributed by atoms with Gasteiger partial charge in [-0.2, -0.15) is 13.2 Å². The zero-order valence-corrected chi connectivity index (χ0v) is 11.1. The molecule has 2 amide bonds. The standard InChI is InChI=1S/C10H18F3N3O3/c1-6(5-16(3)4)14-8(19)15-9(2,7(17)18)10(11,12)13/h6H,5H2,1-4H3,(H,17,18)(H2,14,15,19). The molecule has 3 N–H and O–H groups in total. The maximum absolute atomic E-state index is 12.6. The molecule has 9 heteroatoms. The summed E-state index contributed by atoms with van der Waals surface area (Å²) in [6.45, 7) is 2.39. The summed E-state index contributed by atoms with van der Waals surface area (Å²) in [4.78, 5) is 23.8. The molecule has 0 aromatic rings. The lowest BCUT2D eigenvalue weighted by Crippen LogP contribution is -2.64. The van der Waals surface area contributed by atoms with Crippen molar-refractivity contribution >= 4 is 12.0 Å². The summed E-state index contributed by atoms with van der Waals surface area (Å²) in [6, 6.07) is -1.61. The second kappa shape index (κ2) is 6.09. The highest BCUT2D eigenvalue weighted by Crippen LogP contribution is 2.30. The van der Waals surface area contributed by atoms with E-state index in [1.807, 2.05) is 0 Å². The Hall–Kier alpha value is -1.51. The van der Waals surface area contributed by atoms with Gasteiger partial charge in [0.15, 0.2) is 0 Å². The number of hydrogen-bond acceptors (Lipinski definition) is 3. The molecule has 112 valence electrons. The fraction of sp³-hybridized carbons (Fsp3) is 0.800. The lowest BCUT2D eigenvalue weighted by Gasteiger charge is -2.29. The Balaban J connectivity index is 4.72. The largest absolute Gasteiger partial charge is 0.479 e. The van der Waals surface area contributed by atoms with E-state index in [2.05, 4.69) is 5.32 Å². The first-order chi connectivity index (χ1) is 8.40. The van der Waals surface area contributed by atoms with Gasteiger partial charge < -0.3 is 20.6 Å². The number of hydrogen-bond donors (Lipinski definition) is 3. The Morgan fingerprint density at radius 1 is 1.32 bits per heavy atom. The molecule has 19 heavy (non-hydrogen) atoms. The van der Waals surface area contributed by atoms with Crippen molar-refractivity contribution in [3.8, 4) is 0 Å². The van der Waals surface area contributed by atoms with Gasteiger partial charge in [0, 0.05) is 12.6 Å². The number of amides is 2. The van der Waals surface area contributed by atoms with Crippen LogP contribution in [0.3, 0.4) is 0 Å². The van der Waals surface area contributed by atoms with Crippen LogP contribution in [0, 0.1) is 0 Å². The van der Waals surface area contributed by atoms with Crippen LogP contribution in [-0.4, -0.2) is 60.4 Å². The molecular weight excluding hydrogens is 267 g/mol. The van der Waals surface area contributed by atoms with Gasteiger partial charge >= 0.3 is 18.2 Å². The maximum Gasteiger partial charge on any atom is 0.422 e. The van der Waals surface area contributed by atoms with Crippen molar-refractivity contribution in [3.05, 3.63) is 0 Å². The normalized spacial score (nSPS) is 16.6. The van der Waals surface area contributed by atoms with Gasteiger partial charge in [-0.3, -0.25) is 0 Å². The molecule has 0 rings (SSSR count). The van der Waals surface area contributed by atoms with Crippen LogP contribution < -0.4 is 10.6 Å². The quantitative estimate of drug-likeness (QED) is 0.692. The number of alkyl halides is 3. The van der Waals surface area contributed by atoms with Crippen molar-refractivity contribution in [2.75, 3.05) is 20.6 Å². The molecule has 0 aliphatic carbocycles. The van der Waals surface area contributed by atoms with E-state index >= 15 is 0 Å². The Labute approximate surface area is 108 Å². The molecule has 0 bridgehead atoms. The third kappa shape index (κ3) is 4.93. The molecule has 2 atom stereocenters. The molecule has 0 saturated heterocycles. The Morgan fingerprint density at radius 2 is 1.79 bits per heavy atom. The van der Waals surface area contributed by atoms with Crippen LogP contribution in [0.5, 0.6) is 0 Å². The van der Waals surface area contributed by atoms with Gasteiger partial charge in [0.2, 0.25) is 5.54 Å². The number of carboxylic acids is 1. The van der Waals surface area contributed by atoms with Gasteiger partial charge in [0.25, 0.3) is 0 Å². The van der Waals surface area contributed by atoms with Crippen LogP contribution in [0.2, 0.25) is 0 Å². The third-order valence-corrected chi connectivity index (χ3v) is 2.37. The van der Waals surface area contributed by atoms with E-state index in [-0.39, 0.29) is 0 Å². The van der Waals surface area contributed by atoms with E-state index in [4.69, 9.17) is 5.11 Å². The Kier molecular flexibility index (Phi) is 5.61. The Bertz CT molecular complexity index is 347. The lowest BCUT2D eigenvalue weighted by molar-refractivity contribution is -0.203. The SMILES string of the molecule is CC(CN(C)C)NC(=O)NC(C)(C(=O)O)C(F)(F)F. The maximum atomic E-state index is 12.6. The zero-order valence-electron chi connectivity index (χ0n) is 11.1. The molecule has 0 saturated carbocycles. The number of carbonyl (C=O) groups is 2. The first kappa shape index (κ1) is 17.5. The number of urea groups is 1. The number of aliphatic carboxylic acids is 1. The van der Waals surface area contributed by atoms with Gasteiger partial charge in [-0.1, -0.05) is 0 Å². The second-order valence-corrected chi connectivity index (χ2v) is 4.69. The Morgan fingerprint density at radius 3 is 2.11 bits per heavy atom. The lowest BCUT2D eigenvalue weighted by atomic mass is 10.0. The average molecular weight is 285 g/mol. The topological polar surface area (TPSA) is 81.7 Å². The summed E-state index contributed by atoms with van der Waals surface area (Å²) >= 11 is 0. The number of carbonyl (C=O) groups excluding carboxylic acids is 1. The highest BCUT2D eigenvalue weighted by Gasteiger charge is 2.58. The van der Waals surface area contributed by atoms with E-state index < -0.39 is 29.8 Å².